The molecule has 2 aromatic carbocycles. The first kappa shape index (κ1) is 16.4. The van der Waals surface area contributed by atoms with Crippen LogP contribution in [0.25, 0.3) is 11.3 Å². The average Bonchev–Trinajstić information content (AvgIpc) is 3.00. The van der Waals surface area contributed by atoms with Crippen molar-refractivity contribution in [3.63, 3.8) is 0 Å². The molecule has 0 bridgehead atoms. The largest absolute Gasteiger partial charge is 0.320 e. The summed E-state index contributed by atoms with van der Waals surface area (Å²) in [5.41, 5.74) is 1.83. The van der Waals surface area contributed by atoms with Crippen LogP contribution in [0.15, 0.2) is 46.9 Å². The van der Waals surface area contributed by atoms with Crippen LogP contribution in [0, 0.1) is 0 Å². The fourth-order valence-corrected chi connectivity index (χ4v) is 3.21. The summed E-state index contributed by atoms with van der Waals surface area (Å²) in [5.74, 6) is -0.317. The Labute approximate surface area is 154 Å². The van der Waals surface area contributed by atoms with Crippen LogP contribution in [0.4, 0.5) is 5.69 Å². The highest BCUT2D eigenvalue weighted by Gasteiger charge is 2.18. The molecule has 0 aliphatic heterocycles. The van der Waals surface area contributed by atoms with E-state index in [2.05, 4.69) is 30.8 Å². The standard InChI is InChI=1S/C15H8BrCl2N3OS/c16-9-3-1-8(2-4-9)13-14(23-21-20-13)15(22)19-12-6-5-10(17)7-11(12)18/h1-7H,(H,19,22). The van der Waals surface area contributed by atoms with E-state index < -0.39 is 0 Å². The van der Waals surface area contributed by atoms with Gasteiger partial charge in [-0.05, 0) is 41.9 Å². The third-order valence-corrected chi connectivity index (χ3v) is 4.79. The SMILES string of the molecule is O=C(Nc1ccc(Cl)cc1Cl)c1snnc1-c1ccc(Br)cc1. The number of carbonyl (C=O) groups excluding carboxylic acids is 1. The summed E-state index contributed by atoms with van der Waals surface area (Å²) < 4.78 is 4.83. The minimum absolute atomic E-state index is 0.317. The first-order valence-electron chi connectivity index (χ1n) is 6.39. The Kier molecular flexibility index (Phi) is 4.96. The molecule has 0 atom stereocenters. The van der Waals surface area contributed by atoms with E-state index in [1.807, 2.05) is 24.3 Å². The van der Waals surface area contributed by atoms with Gasteiger partial charge in [0.15, 0.2) is 0 Å². The van der Waals surface area contributed by atoms with Gasteiger partial charge in [-0.1, -0.05) is 55.8 Å². The van der Waals surface area contributed by atoms with Crippen molar-refractivity contribution in [2.75, 3.05) is 5.32 Å². The fourth-order valence-electron chi connectivity index (χ4n) is 1.91. The van der Waals surface area contributed by atoms with Gasteiger partial charge in [-0.3, -0.25) is 4.79 Å². The van der Waals surface area contributed by atoms with Crippen LogP contribution in [0.5, 0.6) is 0 Å². The molecule has 0 spiro atoms. The van der Waals surface area contributed by atoms with Crippen LogP contribution in [-0.2, 0) is 0 Å². The molecule has 0 radical (unpaired) electrons. The van der Waals surface area contributed by atoms with Gasteiger partial charge >= 0.3 is 0 Å². The number of rotatable bonds is 3. The lowest BCUT2D eigenvalue weighted by molar-refractivity contribution is 0.103. The number of hydrogen-bond donors (Lipinski definition) is 1. The van der Waals surface area contributed by atoms with Crippen LogP contribution in [0.3, 0.4) is 0 Å². The predicted octanol–water partition coefficient (Wildman–Crippen LogP) is 5.53. The Hall–Kier alpha value is -1.47. The molecule has 0 aliphatic carbocycles. The van der Waals surface area contributed by atoms with Gasteiger partial charge in [0.05, 0.1) is 10.7 Å². The minimum Gasteiger partial charge on any atom is -0.320 e. The lowest BCUT2D eigenvalue weighted by Gasteiger charge is -2.07. The number of anilines is 1. The van der Waals surface area contributed by atoms with Crippen LogP contribution in [-0.4, -0.2) is 15.5 Å². The fraction of sp³-hybridized carbons (Fsp3) is 0. The molecule has 3 rings (SSSR count). The van der Waals surface area contributed by atoms with Gasteiger partial charge in [0, 0.05) is 15.1 Å². The molecule has 116 valence electrons. The molecule has 8 heteroatoms. The smallest absolute Gasteiger partial charge is 0.269 e. The van der Waals surface area contributed by atoms with E-state index in [4.69, 9.17) is 23.2 Å². The van der Waals surface area contributed by atoms with Crippen LogP contribution in [0.2, 0.25) is 10.0 Å². The molecule has 0 aliphatic rings. The molecule has 3 aromatic rings. The van der Waals surface area contributed by atoms with E-state index in [1.54, 1.807) is 18.2 Å². The van der Waals surface area contributed by atoms with Crippen molar-refractivity contribution in [1.82, 2.24) is 9.59 Å². The van der Waals surface area contributed by atoms with Gasteiger partial charge in [0.25, 0.3) is 5.91 Å². The molecule has 0 saturated carbocycles. The van der Waals surface area contributed by atoms with E-state index in [9.17, 15) is 4.79 Å². The number of carbonyl (C=O) groups is 1. The minimum atomic E-state index is -0.317. The number of hydrogen-bond acceptors (Lipinski definition) is 4. The zero-order valence-corrected chi connectivity index (χ0v) is 15.3. The van der Waals surface area contributed by atoms with E-state index in [1.165, 1.54) is 0 Å². The summed E-state index contributed by atoms with van der Waals surface area (Å²) in [4.78, 5) is 12.9. The summed E-state index contributed by atoms with van der Waals surface area (Å²) in [6, 6.07) is 12.4. The number of nitrogens with one attached hydrogen (secondary N) is 1. The maximum Gasteiger partial charge on any atom is 0.269 e. The number of aromatic nitrogens is 2. The van der Waals surface area contributed by atoms with Crippen molar-refractivity contribution in [3.8, 4) is 11.3 Å². The number of nitrogens with zero attached hydrogens (tertiary/aromatic N) is 2. The Balaban J connectivity index is 1.89. The van der Waals surface area contributed by atoms with Gasteiger partial charge in [-0.2, -0.15) is 0 Å². The van der Waals surface area contributed by atoms with Gasteiger partial charge in [0.2, 0.25) is 0 Å². The summed E-state index contributed by atoms with van der Waals surface area (Å²) in [5, 5.41) is 7.68. The first-order valence-corrected chi connectivity index (χ1v) is 8.71. The molecule has 1 N–H and O–H groups in total. The molecule has 4 nitrogen and oxygen atoms in total. The Morgan fingerprint density at radius 1 is 1.13 bits per heavy atom. The Bertz CT molecular complexity index is 867. The highest BCUT2D eigenvalue weighted by molar-refractivity contribution is 9.10. The van der Waals surface area contributed by atoms with Crippen molar-refractivity contribution in [2.24, 2.45) is 0 Å². The Morgan fingerprint density at radius 2 is 1.87 bits per heavy atom. The Morgan fingerprint density at radius 3 is 2.57 bits per heavy atom. The molecule has 1 aromatic heterocycles. The van der Waals surface area contributed by atoms with E-state index in [0.29, 0.717) is 26.3 Å². The van der Waals surface area contributed by atoms with Gasteiger partial charge in [-0.25, -0.2) is 0 Å². The second-order valence-corrected chi connectivity index (χ2v) is 7.05. The normalized spacial score (nSPS) is 10.6. The topological polar surface area (TPSA) is 54.9 Å². The first-order chi connectivity index (χ1) is 11.0. The van der Waals surface area contributed by atoms with E-state index in [0.717, 1.165) is 21.6 Å². The van der Waals surface area contributed by atoms with Gasteiger partial charge < -0.3 is 5.32 Å². The van der Waals surface area contributed by atoms with E-state index >= 15 is 0 Å². The zero-order valence-electron chi connectivity index (χ0n) is 11.4. The van der Waals surface area contributed by atoms with Crippen molar-refractivity contribution >= 4 is 62.3 Å². The van der Waals surface area contributed by atoms with Gasteiger partial charge in [-0.15, -0.1) is 5.10 Å². The molecular formula is C15H8BrCl2N3OS. The maximum absolute atomic E-state index is 12.5. The molecule has 23 heavy (non-hydrogen) atoms. The third-order valence-electron chi connectivity index (χ3n) is 2.99. The predicted molar refractivity (Wildman–Crippen MR) is 97.5 cm³/mol. The lowest BCUT2D eigenvalue weighted by Crippen LogP contribution is -2.11. The average molecular weight is 429 g/mol. The second-order valence-electron chi connectivity index (χ2n) is 4.54. The molecule has 1 amide bonds. The van der Waals surface area contributed by atoms with Crippen molar-refractivity contribution < 1.29 is 4.79 Å². The number of benzene rings is 2. The maximum atomic E-state index is 12.5. The monoisotopic (exact) mass is 427 g/mol. The second kappa shape index (κ2) is 6.97. The van der Waals surface area contributed by atoms with Crippen molar-refractivity contribution in [3.05, 3.63) is 61.9 Å². The quantitative estimate of drug-likeness (QED) is 0.596. The highest BCUT2D eigenvalue weighted by atomic mass is 79.9. The summed E-state index contributed by atoms with van der Waals surface area (Å²) >= 11 is 16.3. The molecule has 0 fully saturated rings. The highest BCUT2D eigenvalue weighted by Crippen LogP contribution is 2.29. The van der Waals surface area contributed by atoms with E-state index in [-0.39, 0.29) is 5.91 Å². The summed E-state index contributed by atoms with van der Waals surface area (Å²) in [6.45, 7) is 0. The third kappa shape index (κ3) is 3.72. The van der Waals surface area contributed by atoms with Crippen LogP contribution >= 0.6 is 50.7 Å². The zero-order chi connectivity index (χ0) is 16.4. The van der Waals surface area contributed by atoms with Crippen molar-refractivity contribution in [2.45, 2.75) is 0 Å². The molecular weight excluding hydrogens is 421 g/mol. The lowest BCUT2D eigenvalue weighted by atomic mass is 10.1. The van der Waals surface area contributed by atoms with Crippen LogP contribution < -0.4 is 5.32 Å². The number of halogens is 3. The number of amides is 1. The van der Waals surface area contributed by atoms with Crippen molar-refractivity contribution in [1.29, 1.82) is 0 Å². The molecule has 1 heterocycles. The van der Waals surface area contributed by atoms with Gasteiger partial charge in [0.1, 0.15) is 10.6 Å². The molecule has 0 saturated heterocycles. The summed E-state index contributed by atoms with van der Waals surface area (Å²) in [6.07, 6.45) is 0. The molecule has 0 unspecified atom stereocenters. The summed E-state index contributed by atoms with van der Waals surface area (Å²) in [7, 11) is 0. The van der Waals surface area contributed by atoms with Crippen LogP contribution in [0.1, 0.15) is 9.67 Å².